The van der Waals surface area contributed by atoms with Gasteiger partial charge in [0.2, 0.25) is 0 Å². The Hall–Kier alpha value is -0.740. The van der Waals surface area contributed by atoms with Gasteiger partial charge in [-0.1, -0.05) is 15.9 Å². The largest absolute Gasteiger partial charge is 0.377 e. The van der Waals surface area contributed by atoms with Crippen molar-refractivity contribution in [3.63, 3.8) is 0 Å². The van der Waals surface area contributed by atoms with Crippen LogP contribution < -0.4 is 0 Å². The number of aryl methyl sites for hydroxylation is 1. The maximum atomic E-state index is 13.2. The minimum Gasteiger partial charge on any atom is -0.377 e. The number of carbonyl (C=O) groups is 1. The highest BCUT2D eigenvalue weighted by atomic mass is 79.9. The van der Waals surface area contributed by atoms with Crippen molar-refractivity contribution in [1.29, 1.82) is 0 Å². The first-order valence-electron chi connectivity index (χ1n) is 4.58. The maximum absolute atomic E-state index is 13.2. The molecule has 0 heterocycles. The summed E-state index contributed by atoms with van der Waals surface area (Å²) in [5.41, 5.74) is 0.550. The molecule has 0 aliphatic rings. The van der Waals surface area contributed by atoms with Crippen LogP contribution in [0.5, 0.6) is 0 Å². The summed E-state index contributed by atoms with van der Waals surface area (Å²) in [5.74, 6) is -0.291. The number of hydrogen-bond acceptors (Lipinski definition) is 2. The van der Waals surface area contributed by atoms with Crippen LogP contribution in [0, 0.1) is 5.82 Å². The fourth-order valence-corrected chi connectivity index (χ4v) is 1.65. The average molecular weight is 275 g/mol. The molecule has 82 valence electrons. The van der Waals surface area contributed by atoms with Crippen molar-refractivity contribution < 1.29 is 13.9 Å². The van der Waals surface area contributed by atoms with Crippen molar-refractivity contribution in [3.05, 3.63) is 34.1 Å². The zero-order valence-electron chi connectivity index (χ0n) is 8.43. The second-order valence-electron chi connectivity index (χ2n) is 3.21. The molecule has 4 heteroatoms. The number of rotatable bonds is 5. The third-order valence-corrected chi connectivity index (χ3v) is 2.48. The van der Waals surface area contributed by atoms with Gasteiger partial charge in [0.05, 0.1) is 0 Å². The van der Waals surface area contributed by atoms with E-state index in [1.54, 1.807) is 12.1 Å². The molecule has 0 atom stereocenters. The van der Waals surface area contributed by atoms with Gasteiger partial charge < -0.3 is 4.74 Å². The van der Waals surface area contributed by atoms with E-state index in [9.17, 15) is 9.18 Å². The number of carbonyl (C=O) groups excluding carboxylic acids is 1. The summed E-state index contributed by atoms with van der Waals surface area (Å²) < 4.78 is 18.8. The zero-order chi connectivity index (χ0) is 11.3. The third-order valence-electron chi connectivity index (χ3n) is 1.99. The van der Waals surface area contributed by atoms with Gasteiger partial charge >= 0.3 is 0 Å². The lowest BCUT2D eigenvalue weighted by Crippen LogP contribution is -2.08. The summed E-state index contributed by atoms with van der Waals surface area (Å²) >= 11 is 3.26. The smallest absolute Gasteiger partial charge is 0.158 e. The van der Waals surface area contributed by atoms with E-state index in [2.05, 4.69) is 15.9 Å². The number of Topliss-reactive ketones (excluding diaryl/α,β-unsaturated/α-hetero) is 1. The number of halogens is 2. The van der Waals surface area contributed by atoms with Gasteiger partial charge in [0.25, 0.3) is 0 Å². The van der Waals surface area contributed by atoms with Crippen LogP contribution in [0.1, 0.15) is 12.0 Å². The predicted molar refractivity (Wildman–Crippen MR) is 59.3 cm³/mol. The Morgan fingerprint density at radius 1 is 1.53 bits per heavy atom. The molecule has 0 aliphatic carbocycles. The van der Waals surface area contributed by atoms with Crippen molar-refractivity contribution >= 4 is 21.7 Å². The van der Waals surface area contributed by atoms with Crippen molar-refractivity contribution in [2.24, 2.45) is 0 Å². The molecule has 0 amide bonds. The highest BCUT2D eigenvalue weighted by Gasteiger charge is 2.06. The van der Waals surface area contributed by atoms with E-state index in [-0.39, 0.29) is 18.2 Å². The first-order chi connectivity index (χ1) is 7.13. The molecule has 1 aromatic carbocycles. The van der Waals surface area contributed by atoms with E-state index in [1.807, 2.05) is 0 Å². The predicted octanol–water partition coefficient (Wildman–Crippen LogP) is 2.74. The van der Waals surface area contributed by atoms with Gasteiger partial charge in [-0.05, 0) is 30.2 Å². The minimum atomic E-state index is -0.275. The molecule has 0 aliphatic heterocycles. The Bertz CT molecular complexity index is 352. The lowest BCUT2D eigenvalue weighted by molar-refractivity contribution is -0.122. The van der Waals surface area contributed by atoms with Gasteiger partial charge in [-0.15, -0.1) is 0 Å². The molecule has 0 unspecified atom stereocenters. The number of methoxy groups -OCH3 is 1. The lowest BCUT2D eigenvalue weighted by atomic mass is 10.1. The maximum Gasteiger partial charge on any atom is 0.158 e. The van der Waals surface area contributed by atoms with E-state index < -0.39 is 0 Å². The van der Waals surface area contributed by atoms with Crippen LogP contribution in [-0.4, -0.2) is 19.5 Å². The topological polar surface area (TPSA) is 26.3 Å². The minimum absolute atomic E-state index is 0.0168. The number of hydrogen-bond donors (Lipinski definition) is 0. The highest BCUT2D eigenvalue weighted by Crippen LogP contribution is 2.16. The van der Waals surface area contributed by atoms with Crippen molar-refractivity contribution in [2.75, 3.05) is 13.7 Å². The van der Waals surface area contributed by atoms with Crippen LogP contribution >= 0.6 is 15.9 Å². The molecular formula is C11H12BrFO2. The molecule has 2 nitrogen and oxygen atoms in total. The summed E-state index contributed by atoms with van der Waals surface area (Å²) in [7, 11) is 1.47. The van der Waals surface area contributed by atoms with Gasteiger partial charge in [0.15, 0.2) is 5.78 Å². The zero-order valence-corrected chi connectivity index (χ0v) is 10.0. The summed E-state index contributed by atoms with van der Waals surface area (Å²) in [6.07, 6.45) is 0.717. The average Bonchev–Trinajstić information content (AvgIpc) is 2.20. The van der Waals surface area contributed by atoms with Gasteiger partial charge in [-0.2, -0.15) is 0 Å². The van der Waals surface area contributed by atoms with Crippen LogP contribution in [0.3, 0.4) is 0 Å². The Morgan fingerprint density at radius 3 is 2.93 bits per heavy atom. The molecule has 0 radical (unpaired) electrons. The Labute approximate surface area is 96.6 Å². The molecule has 15 heavy (non-hydrogen) atoms. The van der Waals surface area contributed by atoms with Crippen LogP contribution in [-0.2, 0) is 16.0 Å². The molecule has 0 N–H and O–H groups in total. The number of benzene rings is 1. The molecule has 0 saturated heterocycles. The van der Waals surface area contributed by atoms with Crippen LogP contribution in [0.15, 0.2) is 22.7 Å². The fourth-order valence-electron chi connectivity index (χ4n) is 1.24. The Kier molecular flexibility index (Phi) is 4.91. The highest BCUT2D eigenvalue weighted by molar-refractivity contribution is 9.10. The van der Waals surface area contributed by atoms with Crippen LogP contribution in [0.2, 0.25) is 0 Å². The third kappa shape index (κ3) is 4.10. The molecule has 0 saturated carbocycles. The molecule has 0 fully saturated rings. The first-order valence-corrected chi connectivity index (χ1v) is 5.37. The normalized spacial score (nSPS) is 10.3. The molecule has 1 rings (SSSR count). The second kappa shape index (κ2) is 5.98. The van der Waals surface area contributed by atoms with Crippen LogP contribution in [0.25, 0.3) is 0 Å². The van der Waals surface area contributed by atoms with Gasteiger partial charge in [0.1, 0.15) is 12.4 Å². The lowest BCUT2D eigenvalue weighted by Gasteiger charge is -2.03. The fraction of sp³-hybridized carbons (Fsp3) is 0.364. The van der Waals surface area contributed by atoms with E-state index >= 15 is 0 Å². The van der Waals surface area contributed by atoms with E-state index in [0.29, 0.717) is 18.4 Å². The number of ether oxygens (including phenoxy) is 1. The molecule has 0 aromatic heterocycles. The SMILES string of the molecule is COCC(=O)CCc1cc(Br)ccc1F. The van der Waals surface area contributed by atoms with Crippen molar-refractivity contribution in [3.8, 4) is 0 Å². The first kappa shape index (κ1) is 12.3. The Morgan fingerprint density at radius 2 is 2.27 bits per heavy atom. The summed E-state index contributed by atoms with van der Waals surface area (Å²) in [4.78, 5) is 11.2. The monoisotopic (exact) mass is 274 g/mol. The van der Waals surface area contributed by atoms with Crippen LogP contribution in [0.4, 0.5) is 4.39 Å². The molecule has 0 spiro atoms. The Balaban J connectivity index is 2.57. The summed E-state index contributed by atoms with van der Waals surface area (Å²) in [6, 6.07) is 4.71. The summed E-state index contributed by atoms with van der Waals surface area (Å²) in [5, 5.41) is 0. The summed E-state index contributed by atoms with van der Waals surface area (Å²) in [6.45, 7) is 0.0929. The van der Waals surface area contributed by atoms with E-state index in [4.69, 9.17) is 4.74 Å². The number of ketones is 1. The van der Waals surface area contributed by atoms with Gasteiger partial charge in [0, 0.05) is 18.0 Å². The van der Waals surface area contributed by atoms with Crippen molar-refractivity contribution in [2.45, 2.75) is 12.8 Å². The van der Waals surface area contributed by atoms with Gasteiger partial charge in [-0.25, -0.2) is 4.39 Å². The van der Waals surface area contributed by atoms with E-state index in [1.165, 1.54) is 13.2 Å². The van der Waals surface area contributed by atoms with E-state index in [0.717, 1.165) is 4.47 Å². The molecule has 0 bridgehead atoms. The quantitative estimate of drug-likeness (QED) is 0.826. The standard InChI is InChI=1S/C11H12BrFO2/c1-15-7-10(14)4-2-8-6-9(12)3-5-11(8)13/h3,5-6H,2,4,7H2,1H3. The molecule has 1 aromatic rings. The molecular weight excluding hydrogens is 263 g/mol. The van der Waals surface area contributed by atoms with Gasteiger partial charge in [-0.3, -0.25) is 4.79 Å². The van der Waals surface area contributed by atoms with Crippen molar-refractivity contribution in [1.82, 2.24) is 0 Å². The second-order valence-corrected chi connectivity index (χ2v) is 4.12.